The van der Waals surface area contributed by atoms with Gasteiger partial charge in [0.1, 0.15) is 10.8 Å². The number of hydrogen-bond donors (Lipinski definition) is 1. The van der Waals surface area contributed by atoms with E-state index < -0.39 is 0 Å². The Balaban J connectivity index is 1.53. The fourth-order valence-corrected chi connectivity index (χ4v) is 3.03. The number of hydrogen-bond acceptors (Lipinski definition) is 5. The molecule has 0 spiro atoms. The van der Waals surface area contributed by atoms with Gasteiger partial charge in [-0.1, -0.05) is 0 Å². The number of pyridine rings is 1. The van der Waals surface area contributed by atoms with E-state index in [1.807, 2.05) is 41.8 Å². The molecule has 2 heterocycles. The van der Waals surface area contributed by atoms with Crippen molar-refractivity contribution in [1.29, 1.82) is 0 Å². The van der Waals surface area contributed by atoms with Crippen LogP contribution in [0.5, 0.6) is 5.75 Å². The van der Waals surface area contributed by atoms with Gasteiger partial charge in [0.2, 0.25) is 5.91 Å². The van der Waals surface area contributed by atoms with E-state index in [-0.39, 0.29) is 5.91 Å². The predicted octanol–water partition coefficient (Wildman–Crippen LogP) is 3.79. The third-order valence-electron chi connectivity index (χ3n) is 3.44. The van der Waals surface area contributed by atoms with Crippen LogP contribution in [-0.4, -0.2) is 23.0 Å². The monoisotopic (exact) mass is 339 g/mol. The summed E-state index contributed by atoms with van der Waals surface area (Å²) in [6, 6.07) is 11.1. The lowest BCUT2D eigenvalue weighted by Gasteiger charge is -2.05. The van der Waals surface area contributed by atoms with E-state index in [2.05, 4.69) is 15.3 Å². The minimum atomic E-state index is -0.0314. The van der Waals surface area contributed by atoms with E-state index in [0.29, 0.717) is 12.8 Å². The Labute approximate surface area is 144 Å². The molecule has 0 aliphatic heterocycles. The zero-order chi connectivity index (χ0) is 16.8. The number of carbonyl (C=O) groups is 1. The molecule has 5 nitrogen and oxygen atoms in total. The van der Waals surface area contributed by atoms with Crippen LogP contribution in [0.25, 0.3) is 10.6 Å². The van der Waals surface area contributed by atoms with Gasteiger partial charge in [0.25, 0.3) is 0 Å². The molecule has 122 valence electrons. The van der Waals surface area contributed by atoms with Crippen LogP contribution in [-0.2, 0) is 11.2 Å². The second kappa shape index (κ2) is 7.70. The highest BCUT2D eigenvalue weighted by Gasteiger charge is 2.08. The summed E-state index contributed by atoms with van der Waals surface area (Å²) in [5.74, 6) is 0.731. The number of nitrogens with zero attached hydrogens (tertiary/aromatic N) is 2. The Morgan fingerprint density at radius 3 is 2.79 bits per heavy atom. The first kappa shape index (κ1) is 16.1. The molecule has 1 aromatic carbocycles. The van der Waals surface area contributed by atoms with Crippen molar-refractivity contribution in [3.63, 3.8) is 0 Å². The van der Waals surface area contributed by atoms with Crippen LogP contribution in [0.1, 0.15) is 12.1 Å². The van der Waals surface area contributed by atoms with Crippen molar-refractivity contribution >= 4 is 22.9 Å². The fraction of sp³-hybridized carbons (Fsp3) is 0.167. The fourth-order valence-electron chi connectivity index (χ4n) is 2.18. The molecule has 0 atom stereocenters. The lowest BCUT2D eigenvalue weighted by atomic mass is 10.2. The molecule has 0 aliphatic carbocycles. The highest BCUT2D eigenvalue weighted by Crippen LogP contribution is 2.23. The average Bonchev–Trinajstić information content (AvgIpc) is 3.10. The van der Waals surface area contributed by atoms with Crippen LogP contribution >= 0.6 is 11.3 Å². The zero-order valence-corrected chi connectivity index (χ0v) is 14.0. The number of amides is 1. The van der Waals surface area contributed by atoms with E-state index in [1.165, 1.54) is 0 Å². The summed E-state index contributed by atoms with van der Waals surface area (Å²) in [6.07, 6.45) is 4.53. The summed E-state index contributed by atoms with van der Waals surface area (Å²) in [5.41, 5.74) is 2.68. The van der Waals surface area contributed by atoms with E-state index in [0.717, 1.165) is 27.7 Å². The van der Waals surface area contributed by atoms with Crippen LogP contribution in [0.4, 0.5) is 5.69 Å². The van der Waals surface area contributed by atoms with Gasteiger partial charge >= 0.3 is 0 Å². The molecule has 2 aromatic heterocycles. The summed E-state index contributed by atoms with van der Waals surface area (Å²) in [4.78, 5) is 20.7. The molecule has 1 amide bonds. The quantitative estimate of drug-likeness (QED) is 0.742. The largest absolute Gasteiger partial charge is 0.497 e. The SMILES string of the molecule is COc1ccc(NC(=O)CCc2csc(-c3cccnc3)n2)cc1. The second-order valence-corrected chi connectivity index (χ2v) is 6.02. The van der Waals surface area contributed by atoms with Crippen LogP contribution < -0.4 is 10.1 Å². The first-order valence-electron chi connectivity index (χ1n) is 7.53. The van der Waals surface area contributed by atoms with Gasteiger partial charge in [0, 0.05) is 35.4 Å². The van der Waals surface area contributed by atoms with Gasteiger partial charge in [0.05, 0.1) is 12.8 Å². The molecule has 0 unspecified atom stereocenters. The first-order chi connectivity index (χ1) is 11.7. The number of benzene rings is 1. The minimum Gasteiger partial charge on any atom is -0.497 e. The Morgan fingerprint density at radius 1 is 1.25 bits per heavy atom. The molecule has 1 N–H and O–H groups in total. The third-order valence-corrected chi connectivity index (χ3v) is 4.38. The number of nitrogens with one attached hydrogen (secondary N) is 1. The van der Waals surface area contributed by atoms with Gasteiger partial charge in [-0.3, -0.25) is 9.78 Å². The van der Waals surface area contributed by atoms with Crippen LogP contribution in [0.2, 0.25) is 0 Å². The smallest absolute Gasteiger partial charge is 0.224 e. The summed E-state index contributed by atoms with van der Waals surface area (Å²) in [5, 5.41) is 5.79. The molecule has 0 saturated heterocycles. The predicted molar refractivity (Wildman–Crippen MR) is 95.3 cm³/mol. The van der Waals surface area contributed by atoms with Crippen molar-refractivity contribution in [2.24, 2.45) is 0 Å². The summed E-state index contributed by atoms with van der Waals surface area (Å²) in [7, 11) is 1.61. The van der Waals surface area contributed by atoms with Crippen molar-refractivity contribution in [2.45, 2.75) is 12.8 Å². The topological polar surface area (TPSA) is 64.1 Å². The number of thiazole rings is 1. The molecule has 0 aliphatic rings. The van der Waals surface area contributed by atoms with Crippen LogP contribution in [0, 0.1) is 0 Å². The van der Waals surface area contributed by atoms with Gasteiger partial charge in [-0.15, -0.1) is 11.3 Å². The van der Waals surface area contributed by atoms with Gasteiger partial charge in [-0.2, -0.15) is 0 Å². The molecule has 0 fully saturated rings. The number of aromatic nitrogens is 2. The van der Waals surface area contributed by atoms with Crippen LogP contribution in [0.3, 0.4) is 0 Å². The van der Waals surface area contributed by atoms with Crippen molar-refractivity contribution in [3.05, 3.63) is 59.9 Å². The van der Waals surface area contributed by atoms with Crippen molar-refractivity contribution < 1.29 is 9.53 Å². The van der Waals surface area contributed by atoms with Gasteiger partial charge in [-0.05, 0) is 42.8 Å². The molecule has 6 heteroatoms. The molecule has 0 radical (unpaired) electrons. The van der Waals surface area contributed by atoms with E-state index in [1.54, 1.807) is 30.8 Å². The summed E-state index contributed by atoms with van der Waals surface area (Å²) in [6.45, 7) is 0. The number of anilines is 1. The Bertz CT molecular complexity index is 801. The number of rotatable bonds is 6. The van der Waals surface area contributed by atoms with Gasteiger partial charge in [-0.25, -0.2) is 4.98 Å². The number of methoxy groups -OCH3 is 1. The number of aryl methyl sites for hydroxylation is 1. The summed E-state index contributed by atoms with van der Waals surface area (Å²) >= 11 is 1.57. The molecular weight excluding hydrogens is 322 g/mol. The van der Waals surface area contributed by atoms with Gasteiger partial charge in [0.15, 0.2) is 0 Å². The molecule has 0 bridgehead atoms. The normalized spacial score (nSPS) is 10.4. The third kappa shape index (κ3) is 4.17. The highest BCUT2D eigenvalue weighted by atomic mass is 32.1. The highest BCUT2D eigenvalue weighted by molar-refractivity contribution is 7.13. The maximum absolute atomic E-state index is 12.0. The van der Waals surface area contributed by atoms with E-state index in [9.17, 15) is 4.79 Å². The standard InChI is InChI=1S/C18H17N3O2S/c1-23-16-7-4-14(5-8-16)20-17(22)9-6-15-12-24-18(21-15)13-3-2-10-19-11-13/h2-5,7-8,10-12H,6,9H2,1H3,(H,20,22). The first-order valence-corrected chi connectivity index (χ1v) is 8.41. The average molecular weight is 339 g/mol. The molecule has 3 aromatic rings. The lowest BCUT2D eigenvalue weighted by molar-refractivity contribution is -0.116. The van der Waals surface area contributed by atoms with E-state index in [4.69, 9.17) is 4.74 Å². The molecule has 24 heavy (non-hydrogen) atoms. The number of ether oxygens (including phenoxy) is 1. The van der Waals surface area contributed by atoms with E-state index >= 15 is 0 Å². The maximum atomic E-state index is 12.0. The Morgan fingerprint density at radius 2 is 2.08 bits per heavy atom. The lowest BCUT2D eigenvalue weighted by Crippen LogP contribution is -2.12. The molecule has 3 rings (SSSR count). The van der Waals surface area contributed by atoms with Crippen molar-refractivity contribution in [2.75, 3.05) is 12.4 Å². The minimum absolute atomic E-state index is 0.0314. The van der Waals surface area contributed by atoms with Crippen molar-refractivity contribution in [1.82, 2.24) is 9.97 Å². The molecule has 0 saturated carbocycles. The van der Waals surface area contributed by atoms with Crippen LogP contribution in [0.15, 0.2) is 54.2 Å². The maximum Gasteiger partial charge on any atom is 0.224 e. The Hall–Kier alpha value is -2.73. The zero-order valence-electron chi connectivity index (χ0n) is 13.2. The van der Waals surface area contributed by atoms with Gasteiger partial charge < -0.3 is 10.1 Å². The number of carbonyl (C=O) groups excluding carboxylic acids is 1. The van der Waals surface area contributed by atoms with Crippen molar-refractivity contribution in [3.8, 4) is 16.3 Å². The Kier molecular flexibility index (Phi) is 5.18. The molecular formula is C18H17N3O2S. The second-order valence-electron chi connectivity index (χ2n) is 5.16. The summed E-state index contributed by atoms with van der Waals surface area (Å²) < 4.78 is 5.09.